The van der Waals surface area contributed by atoms with Gasteiger partial charge in [0.15, 0.2) is 5.82 Å². The van der Waals surface area contributed by atoms with Crippen LogP contribution >= 0.6 is 0 Å². The smallest absolute Gasteiger partial charge is 0.318 e. The molecule has 1 N–H and O–H groups in total. The van der Waals surface area contributed by atoms with Gasteiger partial charge < -0.3 is 15.0 Å². The number of nitrogens with one attached hydrogen (secondary N) is 1. The minimum Gasteiger partial charge on any atom is -0.467 e. The zero-order valence-electron chi connectivity index (χ0n) is 12.4. The van der Waals surface area contributed by atoms with E-state index >= 15 is 0 Å². The second kappa shape index (κ2) is 6.21. The van der Waals surface area contributed by atoms with Gasteiger partial charge in [-0.25, -0.2) is 4.98 Å². The molecule has 1 atom stereocenters. The topological polar surface area (TPSA) is 85.2 Å². The maximum Gasteiger partial charge on any atom is 0.318 e. The molecule has 8 nitrogen and oxygen atoms in total. The molecule has 112 valence electrons. The quantitative estimate of drug-likeness (QED) is 0.882. The Morgan fingerprint density at radius 2 is 2.24 bits per heavy atom. The van der Waals surface area contributed by atoms with E-state index in [4.69, 9.17) is 4.74 Å². The van der Waals surface area contributed by atoms with Gasteiger partial charge in [-0.1, -0.05) is 0 Å². The average Bonchev–Trinajstić information content (AvgIpc) is 3.00. The van der Waals surface area contributed by atoms with E-state index < -0.39 is 6.04 Å². The molecule has 0 fully saturated rings. The van der Waals surface area contributed by atoms with Crippen LogP contribution in [0.25, 0.3) is 0 Å². The lowest BCUT2D eigenvalue weighted by Crippen LogP contribution is -2.25. The standard InChI is InChI=1S/C13H18N6O2/c1-9(19-7-5-6-15-19)12(20)16-10-8-14-13(21-4)17-11(10)18(2)3/h5-9H,1-4H3,(H,16,20). The molecule has 8 heteroatoms. The first kappa shape index (κ1) is 14.8. The van der Waals surface area contributed by atoms with Crippen LogP contribution in [0.15, 0.2) is 24.7 Å². The Morgan fingerprint density at radius 3 is 2.81 bits per heavy atom. The van der Waals surface area contributed by atoms with E-state index in [1.165, 1.54) is 13.3 Å². The first-order valence-corrected chi connectivity index (χ1v) is 6.41. The van der Waals surface area contributed by atoms with E-state index in [0.29, 0.717) is 11.5 Å². The third-order valence-corrected chi connectivity index (χ3v) is 2.91. The van der Waals surface area contributed by atoms with Gasteiger partial charge in [0.2, 0.25) is 5.91 Å². The van der Waals surface area contributed by atoms with Crippen molar-refractivity contribution in [2.24, 2.45) is 0 Å². The molecule has 0 bridgehead atoms. The summed E-state index contributed by atoms with van der Waals surface area (Å²) in [6.45, 7) is 1.77. The number of nitrogens with zero attached hydrogens (tertiary/aromatic N) is 5. The van der Waals surface area contributed by atoms with Gasteiger partial charge in [0.05, 0.1) is 13.3 Å². The van der Waals surface area contributed by atoms with Crippen LogP contribution in [0.4, 0.5) is 11.5 Å². The molecule has 2 heterocycles. The third kappa shape index (κ3) is 3.28. The number of anilines is 2. The van der Waals surface area contributed by atoms with Gasteiger partial charge in [0, 0.05) is 26.5 Å². The number of carbonyl (C=O) groups is 1. The van der Waals surface area contributed by atoms with Gasteiger partial charge in [-0.05, 0) is 13.0 Å². The van der Waals surface area contributed by atoms with Crippen molar-refractivity contribution in [3.63, 3.8) is 0 Å². The molecule has 1 unspecified atom stereocenters. The summed E-state index contributed by atoms with van der Waals surface area (Å²) in [6, 6.07) is 1.58. The van der Waals surface area contributed by atoms with Crippen LogP contribution in [0.2, 0.25) is 0 Å². The Labute approximate surface area is 122 Å². The number of hydrogen-bond acceptors (Lipinski definition) is 6. The van der Waals surface area contributed by atoms with Crippen molar-refractivity contribution in [1.29, 1.82) is 0 Å². The second-order valence-electron chi connectivity index (χ2n) is 4.64. The van der Waals surface area contributed by atoms with Crippen molar-refractivity contribution >= 4 is 17.4 Å². The molecule has 0 aliphatic heterocycles. The van der Waals surface area contributed by atoms with Crippen molar-refractivity contribution in [3.8, 4) is 6.01 Å². The maximum atomic E-state index is 12.3. The zero-order chi connectivity index (χ0) is 15.4. The fourth-order valence-electron chi connectivity index (χ4n) is 1.75. The van der Waals surface area contributed by atoms with E-state index in [1.807, 2.05) is 14.1 Å². The Bertz CT molecular complexity index is 611. The highest BCUT2D eigenvalue weighted by atomic mass is 16.5. The predicted molar refractivity (Wildman–Crippen MR) is 78.5 cm³/mol. The van der Waals surface area contributed by atoms with Crippen LogP contribution in [0.3, 0.4) is 0 Å². The lowest BCUT2D eigenvalue weighted by atomic mass is 10.3. The van der Waals surface area contributed by atoms with E-state index in [0.717, 1.165) is 0 Å². The molecule has 0 radical (unpaired) electrons. The highest BCUT2D eigenvalue weighted by Crippen LogP contribution is 2.23. The fourth-order valence-corrected chi connectivity index (χ4v) is 1.75. The summed E-state index contributed by atoms with van der Waals surface area (Å²) in [5, 5.41) is 6.87. The largest absolute Gasteiger partial charge is 0.467 e. The number of hydrogen-bond donors (Lipinski definition) is 1. The minimum atomic E-state index is -0.433. The highest BCUT2D eigenvalue weighted by Gasteiger charge is 2.18. The summed E-state index contributed by atoms with van der Waals surface area (Å²) in [4.78, 5) is 22.3. The summed E-state index contributed by atoms with van der Waals surface area (Å²) in [5.74, 6) is 0.374. The van der Waals surface area contributed by atoms with Crippen LogP contribution in [-0.4, -0.2) is 46.9 Å². The summed E-state index contributed by atoms with van der Waals surface area (Å²) in [5.41, 5.74) is 0.518. The lowest BCUT2D eigenvalue weighted by Gasteiger charge is -2.18. The highest BCUT2D eigenvalue weighted by molar-refractivity contribution is 5.95. The van der Waals surface area contributed by atoms with Gasteiger partial charge in [-0.2, -0.15) is 10.1 Å². The monoisotopic (exact) mass is 290 g/mol. The average molecular weight is 290 g/mol. The lowest BCUT2D eigenvalue weighted by molar-refractivity contribution is -0.119. The van der Waals surface area contributed by atoms with Crippen molar-refractivity contribution in [1.82, 2.24) is 19.7 Å². The molecule has 2 aromatic rings. The van der Waals surface area contributed by atoms with Crippen molar-refractivity contribution in [3.05, 3.63) is 24.7 Å². The number of ether oxygens (including phenoxy) is 1. The summed E-state index contributed by atoms with van der Waals surface area (Å²) in [6.07, 6.45) is 4.89. The Balaban J connectivity index is 2.20. The summed E-state index contributed by atoms with van der Waals surface area (Å²) in [7, 11) is 5.15. The normalized spacial score (nSPS) is 11.8. The van der Waals surface area contributed by atoms with Crippen molar-refractivity contribution in [2.75, 3.05) is 31.4 Å². The summed E-state index contributed by atoms with van der Waals surface area (Å²) >= 11 is 0. The van der Waals surface area contributed by atoms with Crippen LogP contribution in [0.1, 0.15) is 13.0 Å². The second-order valence-corrected chi connectivity index (χ2v) is 4.64. The fraction of sp³-hybridized carbons (Fsp3) is 0.385. The van der Waals surface area contributed by atoms with Gasteiger partial charge in [0.25, 0.3) is 0 Å². The molecule has 0 saturated heterocycles. The number of rotatable bonds is 5. The van der Waals surface area contributed by atoms with Crippen LogP contribution < -0.4 is 15.0 Å². The molecular weight excluding hydrogens is 272 g/mol. The first-order chi connectivity index (χ1) is 10.0. The Kier molecular flexibility index (Phi) is 4.36. The van der Waals surface area contributed by atoms with E-state index in [1.54, 1.807) is 35.0 Å². The third-order valence-electron chi connectivity index (χ3n) is 2.91. The van der Waals surface area contributed by atoms with Gasteiger partial charge in [0.1, 0.15) is 11.7 Å². The van der Waals surface area contributed by atoms with Crippen LogP contribution in [-0.2, 0) is 4.79 Å². The molecule has 21 heavy (non-hydrogen) atoms. The number of aromatic nitrogens is 4. The minimum absolute atomic E-state index is 0.199. The predicted octanol–water partition coefficient (Wildman–Crippen LogP) is 0.947. The maximum absolute atomic E-state index is 12.3. The molecule has 1 amide bonds. The molecule has 0 aliphatic carbocycles. The SMILES string of the molecule is COc1ncc(NC(=O)C(C)n2cccn2)c(N(C)C)n1. The van der Waals surface area contributed by atoms with E-state index in [-0.39, 0.29) is 11.9 Å². The Hall–Kier alpha value is -2.64. The van der Waals surface area contributed by atoms with Gasteiger partial charge in [-0.15, -0.1) is 0 Å². The summed E-state index contributed by atoms with van der Waals surface area (Å²) < 4.78 is 6.57. The molecule has 0 aromatic carbocycles. The first-order valence-electron chi connectivity index (χ1n) is 6.41. The van der Waals surface area contributed by atoms with Gasteiger partial charge in [-0.3, -0.25) is 9.48 Å². The molecular formula is C13H18N6O2. The number of amides is 1. The molecule has 0 saturated carbocycles. The van der Waals surface area contributed by atoms with Crippen molar-refractivity contribution < 1.29 is 9.53 Å². The van der Waals surface area contributed by atoms with Gasteiger partial charge >= 0.3 is 6.01 Å². The van der Waals surface area contributed by atoms with E-state index in [9.17, 15) is 4.79 Å². The van der Waals surface area contributed by atoms with Crippen LogP contribution in [0, 0.1) is 0 Å². The molecule has 0 spiro atoms. The van der Waals surface area contributed by atoms with Crippen molar-refractivity contribution in [2.45, 2.75) is 13.0 Å². The van der Waals surface area contributed by atoms with E-state index in [2.05, 4.69) is 20.4 Å². The number of methoxy groups -OCH3 is 1. The van der Waals surface area contributed by atoms with Crippen LogP contribution in [0.5, 0.6) is 6.01 Å². The molecule has 0 aliphatic rings. The Morgan fingerprint density at radius 1 is 1.48 bits per heavy atom. The number of carbonyl (C=O) groups excluding carboxylic acids is 1. The molecule has 2 rings (SSSR count). The zero-order valence-corrected chi connectivity index (χ0v) is 12.4. The molecule has 2 aromatic heterocycles.